The van der Waals surface area contributed by atoms with Crippen molar-refractivity contribution in [2.45, 2.75) is 58.0 Å². The lowest BCUT2D eigenvalue weighted by Crippen LogP contribution is -2.49. The third-order valence-corrected chi connectivity index (χ3v) is 5.88. The van der Waals surface area contributed by atoms with Crippen LogP contribution in [0.4, 0.5) is 0 Å². The van der Waals surface area contributed by atoms with Crippen LogP contribution >= 0.6 is 0 Å². The number of piperidine rings is 1. The Morgan fingerprint density at radius 3 is 2.70 bits per heavy atom. The Balaban J connectivity index is 1.61. The Bertz CT molecular complexity index is 553. The standard InChI is InChI=1S/C21H37N5O/c1-3-22-21(23-16-18-10-5-6-12-25(18)4-2)24-17-19(20-11-9-15-27-20)26-13-7-8-14-26/h9,11,15,18-19H,3-8,10,12-14,16-17H2,1-2H3,(H2,22,23,24). The van der Waals surface area contributed by atoms with Gasteiger partial charge in [0.2, 0.25) is 0 Å². The fourth-order valence-electron chi connectivity index (χ4n) is 4.36. The van der Waals surface area contributed by atoms with Crippen LogP contribution in [0.2, 0.25) is 0 Å². The molecule has 6 heteroatoms. The lowest BCUT2D eigenvalue weighted by Gasteiger charge is -2.35. The van der Waals surface area contributed by atoms with Crippen molar-refractivity contribution in [3.8, 4) is 0 Å². The minimum atomic E-state index is 0.236. The number of aliphatic imine (C=N–C) groups is 1. The molecule has 1 aromatic heterocycles. The van der Waals surface area contributed by atoms with Gasteiger partial charge in [-0.15, -0.1) is 0 Å². The predicted octanol–water partition coefficient (Wildman–Crippen LogP) is 2.85. The number of hydrogen-bond donors (Lipinski definition) is 2. The van der Waals surface area contributed by atoms with Gasteiger partial charge in [-0.2, -0.15) is 0 Å². The third kappa shape index (κ3) is 5.72. The molecule has 2 saturated heterocycles. The zero-order chi connectivity index (χ0) is 18.9. The molecule has 0 spiro atoms. The van der Waals surface area contributed by atoms with Crippen molar-refractivity contribution in [1.29, 1.82) is 0 Å². The topological polar surface area (TPSA) is 56.0 Å². The Kier molecular flexibility index (Phi) is 8.02. The SMILES string of the molecule is CCNC(=NCC(c1ccco1)N1CCCC1)NCC1CCCCN1CC. The van der Waals surface area contributed by atoms with E-state index < -0.39 is 0 Å². The smallest absolute Gasteiger partial charge is 0.191 e. The van der Waals surface area contributed by atoms with E-state index in [1.54, 1.807) is 6.26 Å². The highest BCUT2D eigenvalue weighted by Gasteiger charge is 2.26. The Morgan fingerprint density at radius 2 is 2.00 bits per heavy atom. The number of likely N-dealkylation sites (tertiary alicyclic amines) is 2. The first kappa shape index (κ1) is 20.2. The van der Waals surface area contributed by atoms with Crippen molar-refractivity contribution < 1.29 is 4.42 Å². The average molecular weight is 376 g/mol. The molecule has 2 atom stereocenters. The number of rotatable bonds is 8. The second-order valence-electron chi connectivity index (χ2n) is 7.65. The van der Waals surface area contributed by atoms with Gasteiger partial charge in [0, 0.05) is 19.1 Å². The number of likely N-dealkylation sites (N-methyl/N-ethyl adjacent to an activating group) is 1. The maximum atomic E-state index is 5.73. The number of furan rings is 1. The Hall–Kier alpha value is -1.53. The van der Waals surface area contributed by atoms with Gasteiger partial charge in [-0.05, 0) is 70.9 Å². The van der Waals surface area contributed by atoms with Crippen LogP contribution in [0.5, 0.6) is 0 Å². The van der Waals surface area contributed by atoms with Gasteiger partial charge in [0.15, 0.2) is 5.96 Å². The molecule has 0 radical (unpaired) electrons. The summed E-state index contributed by atoms with van der Waals surface area (Å²) >= 11 is 0. The lowest BCUT2D eigenvalue weighted by atomic mass is 10.0. The molecule has 2 aliphatic heterocycles. The van der Waals surface area contributed by atoms with Gasteiger partial charge in [-0.25, -0.2) is 0 Å². The van der Waals surface area contributed by atoms with Crippen LogP contribution < -0.4 is 10.6 Å². The second-order valence-corrected chi connectivity index (χ2v) is 7.65. The first-order valence-electron chi connectivity index (χ1n) is 10.9. The van der Waals surface area contributed by atoms with Crippen LogP contribution in [-0.4, -0.2) is 67.6 Å². The van der Waals surface area contributed by atoms with E-state index in [1.807, 2.05) is 6.07 Å². The zero-order valence-corrected chi connectivity index (χ0v) is 17.1. The quantitative estimate of drug-likeness (QED) is 0.540. The van der Waals surface area contributed by atoms with E-state index in [1.165, 1.54) is 38.6 Å². The Labute approximate surface area is 164 Å². The van der Waals surface area contributed by atoms with Gasteiger partial charge in [0.1, 0.15) is 5.76 Å². The predicted molar refractivity (Wildman–Crippen MR) is 111 cm³/mol. The largest absolute Gasteiger partial charge is 0.468 e. The summed E-state index contributed by atoms with van der Waals surface area (Å²) in [7, 11) is 0. The highest BCUT2D eigenvalue weighted by Crippen LogP contribution is 2.25. The molecule has 152 valence electrons. The van der Waals surface area contributed by atoms with E-state index in [-0.39, 0.29) is 6.04 Å². The maximum absolute atomic E-state index is 5.73. The molecule has 2 N–H and O–H groups in total. The van der Waals surface area contributed by atoms with E-state index >= 15 is 0 Å². The van der Waals surface area contributed by atoms with Crippen LogP contribution in [0.15, 0.2) is 27.8 Å². The van der Waals surface area contributed by atoms with Crippen LogP contribution in [0.1, 0.15) is 57.8 Å². The number of hydrogen-bond acceptors (Lipinski definition) is 4. The maximum Gasteiger partial charge on any atom is 0.191 e. The van der Waals surface area contributed by atoms with E-state index in [0.717, 1.165) is 51.0 Å². The summed E-state index contributed by atoms with van der Waals surface area (Å²) in [6.45, 7) is 11.6. The Morgan fingerprint density at radius 1 is 1.19 bits per heavy atom. The minimum absolute atomic E-state index is 0.236. The third-order valence-electron chi connectivity index (χ3n) is 5.88. The van der Waals surface area contributed by atoms with Gasteiger partial charge in [-0.1, -0.05) is 13.3 Å². The highest BCUT2D eigenvalue weighted by atomic mass is 16.3. The van der Waals surface area contributed by atoms with Crippen LogP contribution in [0.25, 0.3) is 0 Å². The molecule has 2 fully saturated rings. The molecule has 0 aliphatic carbocycles. The summed E-state index contributed by atoms with van der Waals surface area (Å²) < 4.78 is 5.73. The van der Waals surface area contributed by atoms with Crippen molar-refractivity contribution >= 4 is 5.96 Å². The first-order chi connectivity index (χ1) is 13.3. The molecule has 0 amide bonds. The molecular weight excluding hydrogens is 338 g/mol. The van der Waals surface area contributed by atoms with Crippen molar-refractivity contribution in [3.05, 3.63) is 24.2 Å². The second kappa shape index (κ2) is 10.7. The van der Waals surface area contributed by atoms with E-state index in [2.05, 4.69) is 40.3 Å². The summed E-state index contributed by atoms with van der Waals surface area (Å²) in [5.41, 5.74) is 0. The molecule has 3 heterocycles. The van der Waals surface area contributed by atoms with Gasteiger partial charge in [0.05, 0.1) is 18.8 Å². The first-order valence-corrected chi connectivity index (χ1v) is 10.9. The van der Waals surface area contributed by atoms with Crippen LogP contribution in [0, 0.1) is 0 Å². The summed E-state index contributed by atoms with van der Waals surface area (Å²) in [4.78, 5) is 10.0. The fourth-order valence-corrected chi connectivity index (χ4v) is 4.36. The van der Waals surface area contributed by atoms with Gasteiger partial charge < -0.3 is 15.1 Å². The molecule has 2 aliphatic rings. The zero-order valence-electron chi connectivity index (χ0n) is 17.1. The van der Waals surface area contributed by atoms with Gasteiger partial charge >= 0.3 is 0 Å². The van der Waals surface area contributed by atoms with Crippen LogP contribution in [-0.2, 0) is 0 Å². The fraction of sp³-hybridized carbons (Fsp3) is 0.762. The van der Waals surface area contributed by atoms with E-state index in [9.17, 15) is 0 Å². The average Bonchev–Trinajstić information content (AvgIpc) is 3.41. The van der Waals surface area contributed by atoms with Gasteiger partial charge in [0.25, 0.3) is 0 Å². The molecule has 6 nitrogen and oxygen atoms in total. The van der Waals surface area contributed by atoms with Crippen molar-refractivity contribution in [3.63, 3.8) is 0 Å². The molecule has 0 bridgehead atoms. The summed E-state index contributed by atoms with van der Waals surface area (Å²) in [5, 5.41) is 7.01. The van der Waals surface area contributed by atoms with Gasteiger partial charge in [-0.3, -0.25) is 14.8 Å². The van der Waals surface area contributed by atoms with E-state index in [0.29, 0.717) is 6.04 Å². The monoisotopic (exact) mass is 375 g/mol. The summed E-state index contributed by atoms with van der Waals surface area (Å²) in [6, 6.07) is 4.92. The van der Waals surface area contributed by atoms with Crippen LogP contribution in [0.3, 0.4) is 0 Å². The number of nitrogens with one attached hydrogen (secondary N) is 2. The lowest BCUT2D eigenvalue weighted by molar-refractivity contribution is 0.157. The molecule has 0 saturated carbocycles. The molecular formula is C21H37N5O. The summed E-state index contributed by atoms with van der Waals surface area (Å²) in [6.07, 6.45) is 8.27. The molecule has 1 aromatic rings. The molecule has 27 heavy (non-hydrogen) atoms. The molecule has 2 unspecified atom stereocenters. The van der Waals surface area contributed by atoms with Crippen molar-refractivity contribution in [2.24, 2.45) is 4.99 Å². The molecule has 3 rings (SSSR count). The molecule has 0 aromatic carbocycles. The van der Waals surface area contributed by atoms with E-state index in [4.69, 9.17) is 9.41 Å². The normalized spacial score (nSPS) is 23.5. The number of guanidine groups is 1. The van der Waals surface area contributed by atoms with Crippen molar-refractivity contribution in [1.82, 2.24) is 20.4 Å². The van der Waals surface area contributed by atoms with Crippen molar-refractivity contribution in [2.75, 3.05) is 45.8 Å². The highest BCUT2D eigenvalue weighted by molar-refractivity contribution is 5.79. The minimum Gasteiger partial charge on any atom is -0.468 e. The number of nitrogens with zero attached hydrogens (tertiary/aromatic N) is 3. The summed E-state index contributed by atoms with van der Waals surface area (Å²) in [5.74, 6) is 1.95.